The first-order valence-corrected chi connectivity index (χ1v) is 8.27. The predicted molar refractivity (Wildman–Crippen MR) is 77.8 cm³/mol. The van der Waals surface area contributed by atoms with Crippen LogP contribution in [0.5, 0.6) is 5.75 Å². The average Bonchev–Trinajstić information content (AvgIpc) is 2.85. The molecule has 0 saturated carbocycles. The average molecular weight is 315 g/mol. The Morgan fingerprint density at radius 2 is 2.00 bits per heavy atom. The maximum Gasteiger partial charge on any atom is 0.240 e. The van der Waals surface area contributed by atoms with Crippen LogP contribution in [0.3, 0.4) is 0 Å². The first kappa shape index (κ1) is 16.2. The molecular weight excluding hydrogens is 294 g/mol. The highest BCUT2D eigenvalue weighted by Gasteiger charge is 2.31. The first-order chi connectivity index (χ1) is 9.86. The van der Waals surface area contributed by atoms with Gasteiger partial charge in [0, 0.05) is 13.0 Å². The lowest BCUT2D eigenvalue weighted by Gasteiger charge is -2.22. The normalized spacial score (nSPS) is 17.9. The summed E-state index contributed by atoms with van der Waals surface area (Å²) >= 11 is 0. The third-order valence-electron chi connectivity index (χ3n) is 3.44. The molecule has 21 heavy (non-hydrogen) atoms. The van der Waals surface area contributed by atoms with Crippen molar-refractivity contribution < 1.29 is 22.6 Å². The molecule has 1 aromatic carbocycles. The first-order valence-electron chi connectivity index (χ1n) is 6.78. The van der Waals surface area contributed by atoms with Crippen molar-refractivity contribution >= 4 is 10.0 Å². The van der Waals surface area contributed by atoms with Crippen LogP contribution in [0.15, 0.2) is 23.1 Å². The Morgan fingerprint density at radius 1 is 1.33 bits per heavy atom. The molecule has 0 aliphatic carbocycles. The summed E-state index contributed by atoms with van der Waals surface area (Å²) in [6.07, 6.45) is 0.460. The van der Waals surface area contributed by atoms with Crippen molar-refractivity contribution in [1.82, 2.24) is 4.72 Å². The zero-order chi connectivity index (χ0) is 15.5. The molecule has 7 heteroatoms. The highest BCUT2D eigenvalue weighted by atomic mass is 32.2. The van der Waals surface area contributed by atoms with Gasteiger partial charge in [0.2, 0.25) is 10.0 Å². The molecule has 2 rings (SSSR count). The van der Waals surface area contributed by atoms with Crippen molar-refractivity contribution in [3.63, 3.8) is 0 Å². The van der Waals surface area contributed by atoms with E-state index in [2.05, 4.69) is 4.72 Å². The van der Waals surface area contributed by atoms with E-state index in [0.717, 1.165) is 0 Å². The zero-order valence-electron chi connectivity index (χ0n) is 12.5. The van der Waals surface area contributed by atoms with Crippen LogP contribution in [0, 0.1) is 6.92 Å². The Balaban J connectivity index is 2.01. The summed E-state index contributed by atoms with van der Waals surface area (Å²) in [4.78, 5) is 0.252. The molecule has 6 nitrogen and oxygen atoms in total. The molecule has 0 aromatic heterocycles. The van der Waals surface area contributed by atoms with Gasteiger partial charge < -0.3 is 14.2 Å². The number of rotatable bonds is 6. The number of nitrogens with one attached hydrogen (secondary N) is 1. The van der Waals surface area contributed by atoms with Crippen LogP contribution in [-0.2, 0) is 19.5 Å². The maximum atomic E-state index is 12.3. The second-order valence-corrected chi connectivity index (χ2v) is 6.85. The van der Waals surface area contributed by atoms with Gasteiger partial charge in [-0.2, -0.15) is 0 Å². The number of sulfonamides is 1. The smallest absolute Gasteiger partial charge is 0.240 e. The predicted octanol–water partition coefficient (Wildman–Crippen LogP) is 1.44. The fourth-order valence-electron chi connectivity index (χ4n) is 2.24. The Morgan fingerprint density at radius 3 is 2.57 bits per heavy atom. The van der Waals surface area contributed by atoms with Crippen LogP contribution in [0.4, 0.5) is 0 Å². The summed E-state index contributed by atoms with van der Waals surface area (Å²) in [5.74, 6) is -0.0657. The number of hydrogen-bond donors (Lipinski definition) is 1. The second kappa shape index (κ2) is 6.31. The second-order valence-electron chi connectivity index (χ2n) is 5.11. The van der Waals surface area contributed by atoms with Gasteiger partial charge in [0.1, 0.15) is 5.75 Å². The molecule has 0 spiro atoms. The Bertz CT molecular complexity index is 593. The lowest BCUT2D eigenvalue weighted by molar-refractivity contribution is -0.145. The van der Waals surface area contributed by atoms with Gasteiger partial charge in [-0.25, -0.2) is 13.1 Å². The SMILES string of the molecule is COc1ccc(S(=O)(=O)NCCC2(C)OCCO2)c(C)c1. The summed E-state index contributed by atoms with van der Waals surface area (Å²) in [5, 5.41) is 0. The minimum atomic E-state index is -3.55. The highest BCUT2D eigenvalue weighted by Crippen LogP contribution is 2.23. The molecule has 0 amide bonds. The summed E-state index contributed by atoms with van der Waals surface area (Å²) in [5.41, 5.74) is 0.640. The molecule has 0 radical (unpaired) electrons. The molecule has 1 N–H and O–H groups in total. The Kier molecular flexibility index (Phi) is 4.88. The van der Waals surface area contributed by atoms with Crippen molar-refractivity contribution in [3.05, 3.63) is 23.8 Å². The minimum Gasteiger partial charge on any atom is -0.497 e. The molecule has 1 aliphatic rings. The van der Waals surface area contributed by atoms with E-state index in [9.17, 15) is 8.42 Å². The van der Waals surface area contributed by atoms with Crippen LogP contribution in [0.2, 0.25) is 0 Å². The van der Waals surface area contributed by atoms with Crippen LogP contribution in [-0.4, -0.2) is 41.1 Å². The standard InChI is InChI=1S/C14H21NO5S/c1-11-10-12(18-3)4-5-13(11)21(16,17)15-7-6-14(2)19-8-9-20-14/h4-5,10,15H,6-9H2,1-3H3. The quantitative estimate of drug-likeness (QED) is 0.860. The Labute approximate surface area is 125 Å². The molecule has 0 atom stereocenters. The van der Waals surface area contributed by atoms with Gasteiger partial charge in [-0.05, 0) is 37.6 Å². The molecule has 1 heterocycles. The van der Waals surface area contributed by atoms with Gasteiger partial charge in [0.25, 0.3) is 0 Å². The summed E-state index contributed by atoms with van der Waals surface area (Å²) in [7, 11) is -2.01. The molecule has 1 aliphatic heterocycles. The fourth-order valence-corrected chi connectivity index (χ4v) is 3.50. The van der Waals surface area contributed by atoms with E-state index < -0.39 is 15.8 Å². The third-order valence-corrected chi connectivity index (χ3v) is 5.06. The van der Waals surface area contributed by atoms with Crippen molar-refractivity contribution in [2.24, 2.45) is 0 Å². The zero-order valence-corrected chi connectivity index (χ0v) is 13.3. The van der Waals surface area contributed by atoms with E-state index in [0.29, 0.717) is 30.9 Å². The molecule has 1 aromatic rings. The largest absolute Gasteiger partial charge is 0.497 e. The lowest BCUT2D eigenvalue weighted by Crippen LogP contribution is -2.33. The van der Waals surface area contributed by atoms with Crippen molar-refractivity contribution in [1.29, 1.82) is 0 Å². The van der Waals surface area contributed by atoms with Gasteiger partial charge >= 0.3 is 0 Å². The van der Waals surface area contributed by atoms with Crippen LogP contribution in [0.25, 0.3) is 0 Å². The molecular formula is C14H21NO5S. The van der Waals surface area contributed by atoms with Crippen molar-refractivity contribution in [3.8, 4) is 5.75 Å². The lowest BCUT2D eigenvalue weighted by atomic mass is 10.2. The van der Waals surface area contributed by atoms with E-state index in [1.807, 2.05) is 6.92 Å². The maximum absolute atomic E-state index is 12.3. The van der Waals surface area contributed by atoms with Gasteiger partial charge in [-0.3, -0.25) is 0 Å². The third kappa shape index (κ3) is 3.94. The molecule has 118 valence electrons. The van der Waals surface area contributed by atoms with Gasteiger partial charge in [-0.1, -0.05) is 0 Å². The van der Waals surface area contributed by atoms with E-state index in [-0.39, 0.29) is 11.4 Å². The highest BCUT2D eigenvalue weighted by molar-refractivity contribution is 7.89. The number of hydrogen-bond acceptors (Lipinski definition) is 5. The van der Waals surface area contributed by atoms with Crippen molar-refractivity contribution in [2.45, 2.75) is 31.0 Å². The number of benzene rings is 1. The van der Waals surface area contributed by atoms with Crippen LogP contribution < -0.4 is 9.46 Å². The van der Waals surface area contributed by atoms with Gasteiger partial charge in [0.15, 0.2) is 5.79 Å². The summed E-state index contributed by atoms with van der Waals surface area (Å²) in [6.45, 7) is 4.89. The minimum absolute atomic E-state index is 0.252. The summed E-state index contributed by atoms with van der Waals surface area (Å²) < 4.78 is 43.1. The van der Waals surface area contributed by atoms with Gasteiger partial charge in [-0.15, -0.1) is 0 Å². The number of ether oxygens (including phenoxy) is 3. The Hall–Kier alpha value is -1.15. The van der Waals surface area contributed by atoms with Crippen LogP contribution in [0.1, 0.15) is 18.9 Å². The fraction of sp³-hybridized carbons (Fsp3) is 0.571. The topological polar surface area (TPSA) is 73.9 Å². The number of aryl methyl sites for hydroxylation is 1. The summed E-state index contributed by atoms with van der Waals surface area (Å²) in [6, 6.07) is 4.87. The van der Waals surface area contributed by atoms with E-state index in [4.69, 9.17) is 14.2 Å². The molecule has 1 saturated heterocycles. The molecule has 1 fully saturated rings. The molecule has 0 bridgehead atoms. The van der Waals surface area contributed by atoms with Crippen LogP contribution >= 0.6 is 0 Å². The van der Waals surface area contributed by atoms with E-state index in [1.54, 1.807) is 32.2 Å². The number of methoxy groups -OCH3 is 1. The van der Waals surface area contributed by atoms with Crippen molar-refractivity contribution in [2.75, 3.05) is 26.9 Å². The van der Waals surface area contributed by atoms with Gasteiger partial charge in [0.05, 0.1) is 25.2 Å². The van der Waals surface area contributed by atoms with E-state index in [1.165, 1.54) is 0 Å². The van der Waals surface area contributed by atoms with E-state index >= 15 is 0 Å². The monoisotopic (exact) mass is 315 g/mol. The molecule has 0 unspecified atom stereocenters.